The molecule has 0 unspecified atom stereocenters. The van der Waals surface area contributed by atoms with Gasteiger partial charge >= 0.3 is 0 Å². The fourth-order valence-electron chi connectivity index (χ4n) is 5.71. The molecule has 6 rings (SSSR count). The van der Waals surface area contributed by atoms with Crippen LogP contribution in [0.5, 0.6) is 0 Å². The van der Waals surface area contributed by atoms with Gasteiger partial charge in [-0.15, -0.1) is 0 Å². The summed E-state index contributed by atoms with van der Waals surface area (Å²) in [6.07, 6.45) is 10.7. The van der Waals surface area contributed by atoms with Gasteiger partial charge < -0.3 is 9.80 Å². The number of aromatic nitrogens is 3. The summed E-state index contributed by atoms with van der Waals surface area (Å²) in [4.78, 5) is 31.9. The topological polar surface area (TPSA) is 62.2 Å². The molecule has 35 heavy (non-hydrogen) atoms. The Morgan fingerprint density at radius 2 is 1.80 bits per heavy atom. The lowest BCUT2D eigenvalue weighted by molar-refractivity contribution is -0.124. The highest BCUT2D eigenvalue weighted by Gasteiger charge is 2.52. The summed E-state index contributed by atoms with van der Waals surface area (Å²) in [5, 5.41) is 2.17. The molecule has 5 heterocycles. The van der Waals surface area contributed by atoms with Crippen LogP contribution in [0.4, 0.5) is 5.69 Å². The van der Waals surface area contributed by atoms with E-state index in [-0.39, 0.29) is 5.91 Å². The maximum Gasteiger partial charge on any atom is 0.238 e. The van der Waals surface area contributed by atoms with Crippen molar-refractivity contribution in [3.63, 3.8) is 0 Å². The van der Waals surface area contributed by atoms with Gasteiger partial charge in [-0.3, -0.25) is 19.7 Å². The lowest BCUT2D eigenvalue weighted by Crippen LogP contribution is -2.48. The zero-order valence-corrected chi connectivity index (χ0v) is 19.8. The summed E-state index contributed by atoms with van der Waals surface area (Å²) < 4.78 is 0. The van der Waals surface area contributed by atoms with E-state index in [1.165, 1.54) is 0 Å². The largest absolute Gasteiger partial charge is 0.375 e. The van der Waals surface area contributed by atoms with E-state index in [1.807, 2.05) is 54.7 Å². The average Bonchev–Trinajstić information content (AvgIpc) is 3.12. The number of benzene rings is 1. The van der Waals surface area contributed by atoms with Gasteiger partial charge in [0.1, 0.15) is 0 Å². The van der Waals surface area contributed by atoms with Crippen LogP contribution < -0.4 is 4.90 Å². The number of pyridine rings is 3. The van der Waals surface area contributed by atoms with E-state index in [0.717, 1.165) is 70.5 Å². The molecule has 1 saturated heterocycles. The summed E-state index contributed by atoms with van der Waals surface area (Å²) in [5.41, 5.74) is 5.39. The molecule has 4 aromatic rings. The maximum absolute atomic E-state index is 14.1. The molecule has 6 heteroatoms. The summed E-state index contributed by atoms with van der Waals surface area (Å²) in [7, 11) is 0. The quantitative estimate of drug-likeness (QED) is 0.423. The minimum atomic E-state index is -0.518. The van der Waals surface area contributed by atoms with Crippen molar-refractivity contribution in [3.05, 3.63) is 97.0 Å². The van der Waals surface area contributed by atoms with Crippen LogP contribution in [0, 0.1) is 0 Å². The van der Waals surface area contributed by atoms with Crippen LogP contribution in [-0.2, 0) is 16.8 Å². The van der Waals surface area contributed by atoms with Crippen molar-refractivity contribution in [3.8, 4) is 11.1 Å². The molecule has 2 aliphatic rings. The van der Waals surface area contributed by atoms with Crippen molar-refractivity contribution in [2.45, 2.75) is 31.7 Å². The molecule has 0 atom stereocenters. The van der Waals surface area contributed by atoms with Crippen molar-refractivity contribution in [1.29, 1.82) is 0 Å². The standard InChI is InChI=1S/C29H27N5O/c1-20(2)33-14-10-29(11-15-33)24-9-13-31-18-26(24)34(28(29)35)19-25-27(22-7-5-12-30-16-22)23-8-4-3-6-21(23)17-32-25/h3-9,12-13,16-18H,1,10-11,14-15,19H2,2H3. The van der Waals surface area contributed by atoms with Crippen LogP contribution in [0.2, 0.25) is 0 Å². The van der Waals surface area contributed by atoms with Crippen molar-refractivity contribution >= 4 is 22.4 Å². The highest BCUT2D eigenvalue weighted by Crippen LogP contribution is 2.48. The number of hydrogen-bond acceptors (Lipinski definition) is 5. The van der Waals surface area contributed by atoms with Gasteiger partial charge in [0, 0.05) is 60.1 Å². The first kappa shape index (κ1) is 21.5. The number of anilines is 1. The number of hydrogen-bond donors (Lipinski definition) is 0. The monoisotopic (exact) mass is 461 g/mol. The molecular formula is C29H27N5O. The molecule has 0 bridgehead atoms. The Labute approximate surface area is 205 Å². The van der Waals surface area contributed by atoms with E-state index in [0.29, 0.717) is 6.54 Å². The van der Waals surface area contributed by atoms with Gasteiger partial charge in [-0.2, -0.15) is 0 Å². The molecule has 6 nitrogen and oxygen atoms in total. The highest BCUT2D eigenvalue weighted by molar-refractivity contribution is 6.08. The number of rotatable bonds is 4. The van der Waals surface area contributed by atoms with E-state index in [4.69, 9.17) is 4.98 Å². The number of carbonyl (C=O) groups excluding carboxylic acids is 1. The third-order valence-corrected chi connectivity index (χ3v) is 7.55. The molecule has 1 amide bonds. The molecule has 0 saturated carbocycles. The van der Waals surface area contributed by atoms with E-state index in [9.17, 15) is 4.79 Å². The Morgan fingerprint density at radius 3 is 2.57 bits per heavy atom. The molecule has 0 radical (unpaired) electrons. The van der Waals surface area contributed by atoms with Gasteiger partial charge in [-0.05, 0) is 42.8 Å². The Bertz CT molecular complexity index is 1440. The van der Waals surface area contributed by atoms with Crippen LogP contribution in [0.3, 0.4) is 0 Å². The SMILES string of the molecule is C=C(C)N1CCC2(CC1)C(=O)N(Cc1ncc3ccccc3c1-c1cccnc1)c1cnccc12. The normalized spacial score (nSPS) is 16.7. The Hall–Kier alpha value is -4.06. The molecule has 3 aromatic heterocycles. The van der Waals surface area contributed by atoms with Crippen LogP contribution in [0.15, 0.2) is 85.7 Å². The van der Waals surface area contributed by atoms with E-state index in [2.05, 4.69) is 39.6 Å². The van der Waals surface area contributed by atoms with Crippen molar-refractivity contribution in [1.82, 2.24) is 19.9 Å². The smallest absolute Gasteiger partial charge is 0.238 e. The third kappa shape index (κ3) is 3.40. The van der Waals surface area contributed by atoms with Crippen molar-refractivity contribution in [2.75, 3.05) is 18.0 Å². The van der Waals surface area contributed by atoms with Gasteiger partial charge in [0.25, 0.3) is 0 Å². The highest BCUT2D eigenvalue weighted by atomic mass is 16.2. The van der Waals surface area contributed by atoms with Crippen molar-refractivity contribution < 1.29 is 4.79 Å². The number of likely N-dealkylation sites (tertiary alicyclic amines) is 1. The predicted molar refractivity (Wildman–Crippen MR) is 138 cm³/mol. The van der Waals surface area contributed by atoms with Gasteiger partial charge in [0.15, 0.2) is 0 Å². The fourth-order valence-corrected chi connectivity index (χ4v) is 5.71. The lowest BCUT2D eigenvalue weighted by Gasteiger charge is -2.39. The van der Waals surface area contributed by atoms with Crippen LogP contribution in [0.1, 0.15) is 31.0 Å². The Balaban J connectivity index is 1.44. The molecular weight excluding hydrogens is 434 g/mol. The molecule has 0 aliphatic carbocycles. The molecule has 1 fully saturated rings. The zero-order valence-electron chi connectivity index (χ0n) is 19.8. The summed E-state index contributed by atoms with van der Waals surface area (Å²) in [6, 6.07) is 14.2. The second-order valence-corrected chi connectivity index (χ2v) is 9.50. The van der Waals surface area contributed by atoms with Crippen molar-refractivity contribution in [2.24, 2.45) is 0 Å². The molecule has 2 aliphatic heterocycles. The number of carbonyl (C=O) groups is 1. The third-order valence-electron chi connectivity index (χ3n) is 7.55. The average molecular weight is 462 g/mol. The van der Waals surface area contributed by atoms with Crippen LogP contribution >= 0.6 is 0 Å². The Kier molecular flexibility index (Phi) is 5.10. The molecule has 0 N–H and O–H groups in total. The van der Waals surface area contributed by atoms with E-state index in [1.54, 1.807) is 12.4 Å². The minimum absolute atomic E-state index is 0.147. The Morgan fingerprint density at radius 1 is 1.00 bits per heavy atom. The van der Waals surface area contributed by atoms with Gasteiger partial charge in [0.2, 0.25) is 5.91 Å². The predicted octanol–water partition coefficient (Wildman–Crippen LogP) is 5.11. The summed E-state index contributed by atoms with van der Waals surface area (Å²) in [5.74, 6) is 0.147. The molecule has 174 valence electrons. The maximum atomic E-state index is 14.1. The fraction of sp³-hybridized carbons (Fsp3) is 0.241. The van der Waals surface area contributed by atoms with E-state index >= 15 is 0 Å². The number of fused-ring (bicyclic) bond motifs is 3. The van der Waals surface area contributed by atoms with Gasteiger partial charge in [-0.25, -0.2) is 0 Å². The van der Waals surface area contributed by atoms with Gasteiger partial charge in [-0.1, -0.05) is 36.9 Å². The number of piperidine rings is 1. The molecule has 1 spiro atoms. The second-order valence-electron chi connectivity index (χ2n) is 9.50. The number of allylic oxidation sites excluding steroid dienone is 1. The zero-order chi connectivity index (χ0) is 24.0. The number of nitrogens with zero attached hydrogens (tertiary/aromatic N) is 5. The first-order valence-electron chi connectivity index (χ1n) is 12.0. The second kappa shape index (κ2) is 8.31. The first-order valence-corrected chi connectivity index (χ1v) is 12.0. The summed E-state index contributed by atoms with van der Waals surface area (Å²) in [6.45, 7) is 8.17. The molecule has 1 aromatic carbocycles. The van der Waals surface area contributed by atoms with Crippen LogP contribution in [-0.4, -0.2) is 38.8 Å². The van der Waals surface area contributed by atoms with E-state index < -0.39 is 5.41 Å². The van der Waals surface area contributed by atoms with Gasteiger partial charge in [0.05, 0.1) is 29.5 Å². The van der Waals surface area contributed by atoms with Crippen LogP contribution in [0.25, 0.3) is 21.9 Å². The lowest BCUT2D eigenvalue weighted by atomic mass is 9.74. The minimum Gasteiger partial charge on any atom is -0.375 e. The number of amides is 1. The first-order chi connectivity index (χ1) is 17.1. The summed E-state index contributed by atoms with van der Waals surface area (Å²) >= 11 is 0.